The van der Waals surface area contributed by atoms with Crippen LogP contribution in [0.3, 0.4) is 0 Å². The fourth-order valence-corrected chi connectivity index (χ4v) is 5.10. The van der Waals surface area contributed by atoms with E-state index in [0.717, 1.165) is 43.1 Å². The largest absolute Gasteiger partial charge is 0.493 e. The summed E-state index contributed by atoms with van der Waals surface area (Å²) >= 11 is 0. The predicted octanol–water partition coefficient (Wildman–Crippen LogP) is 4.27. The number of hydrogen-bond donors (Lipinski definition) is 0. The van der Waals surface area contributed by atoms with Gasteiger partial charge in [0.05, 0.1) is 26.8 Å². The third-order valence-corrected chi connectivity index (χ3v) is 7.09. The van der Waals surface area contributed by atoms with Crippen molar-refractivity contribution in [1.29, 1.82) is 0 Å². The zero-order valence-corrected chi connectivity index (χ0v) is 22.0. The summed E-state index contributed by atoms with van der Waals surface area (Å²) in [5.74, 6) is 2.21. The van der Waals surface area contributed by atoms with Crippen LogP contribution < -0.4 is 14.4 Å². The number of rotatable bonds is 8. The highest BCUT2D eigenvalue weighted by Gasteiger charge is 2.31. The number of nitrogens with zero attached hydrogens (tertiary/aromatic N) is 6. The molecular weight excluding hydrogens is 464 g/mol. The number of anilines is 1. The molecule has 1 saturated heterocycles. The molecule has 8 heteroatoms. The molecular formula is C29H34N6O2. The van der Waals surface area contributed by atoms with E-state index in [1.54, 1.807) is 14.2 Å². The third-order valence-electron chi connectivity index (χ3n) is 7.09. The van der Waals surface area contributed by atoms with Gasteiger partial charge in [-0.25, -0.2) is 4.68 Å². The van der Waals surface area contributed by atoms with E-state index in [1.165, 1.54) is 16.8 Å². The molecule has 0 spiro atoms. The highest BCUT2D eigenvalue weighted by Crippen LogP contribution is 2.35. The summed E-state index contributed by atoms with van der Waals surface area (Å²) in [5, 5.41) is 13.0. The lowest BCUT2D eigenvalue weighted by molar-refractivity contribution is 0.201. The second-order valence-corrected chi connectivity index (χ2v) is 9.51. The minimum absolute atomic E-state index is 0.126. The topological polar surface area (TPSA) is 68.5 Å². The van der Waals surface area contributed by atoms with Crippen LogP contribution in [0.25, 0.3) is 0 Å². The number of hydrogen-bond acceptors (Lipinski definition) is 7. The Labute approximate surface area is 218 Å². The van der Waals surface area contributed by atoms with Crippen molar-refractivity contribution < 1.29 is 9.47 Å². The van der Waals surface area contributed by atoms with Crippen molar-refractivity contribution in [3.8, 4) is 11.5 Å². The van der Waals surface area contributed by atoms with Crippen LogP contribution in [-0.2, 0) is 6.54 Å². The molecule has 1 aliphatic rings. The average Bonchev–Trinajstić information content (AvgIpc) is 3.38. The molecule has 4 aromatic rings. The number of aromatic nitrogens is 4. The molecule has 1 aliphatic heterocycles. The van der Waals surface area contributed by atoms with Crippen molar-refractivity contribution in [3.05, 3.63) is 94.8 Å². The molecule has 0 bridgehead atoms. The van der Waals surface area contributed by atoms with Crippen LogP contribution in [0, 0.1) is 13.8 Å². The zero-order chi connectivity index (χ0) is 25.8. The molecule has 1 fully saturated rings. The second kappa shape index (κ2) is 11.0. The maximum Gasteiger partial charge on any atom is 0.173 e. The van der Waals surface area contributed by atoms with Gasteiger partial charge < -0.3 is 14.4 Å². The first-order valence-electron chi connectivity index (χ1n) is 12.7. The Bertz CT molecular complexity index is 1330. The lowest BCUT2D eigenvalue weighted by Crippen LogP contribution is -2.48. The summed E-state index contributed by atoms with van der Waals surface area (Å²) in [6, 6.07) is 22.9. The van der Waals surface area contributed by atoms with E-state index in [2.05, 4.69) is 75.6 Å². The first-order chi connectivity index (χ1) is 18.1. The second-order valence-electron chi connectivity index (χ2n) is 9.51. The summed E-state index contributed by atoms with van der Waals surface area (Å²) in [6.07, 6.45) is 0. The Morgan fingerprint density at radius 3 is 2.32 bits per heavy atom. The van der Waals surface area contributed by atoms with Gasteiger partial charge in [0.15, 0.2) is 17.3 Å². The normalized spacial score (nSPS) is 15.0. The van der Waals surface area contributed by atoms with Gasteiger partial charge in [-0.2, -0.15) is 0 Å². The van der Waals surface area contributed by atoms with Crippen molar-refractivity contribution in [2.24, 2.45) is 0 Å². The van der Waals surface area contributed by atoms with E-state index in [4.69, 9.17) is 9.47 Å². The van der Waals surface area contributed by atoms with E-state index in [9.17, 15) is 0 Å². The highest BCUT2D eigenvalue weighted by molar-refractivity contribution is 5.55. The molecule has 0 N–H and O–H groups in total. The Morgan fingerprint density at radius 1 is 0.838 bits per heavy atom. The van der Waals surface area contributed by atoms with Gasteiger partial charge in [0.1, 0.15) is 0 Å². The van der Waals surface area contributed by atoms with Crippen molar-refractivity contribution in [3.63, 3.8) is 0 Å². The highest BCUT2D eigenvalue weighted by atomic mass is 16.5. The van der Waals surface area contributed by atoms with Crippen molar-refractivity contribution >= 4 is 5.69 Å². The summed E-state index contributed by atoms with van der Waals surface area (Å²) in [5.41, 5.74) is 6.13. The number of tetrazole rings is 1. The van der Waals surface area contributed by atoms with Crippen LogP contribution in [0.2, 0.25) is 0 Å². The molecule has 1 atom stereocenters. The van der Waals surface area contributed by atoms with Gasteiger partial charge in [0, 0.05) is 31.9 Å². The molecule has 5 rings (SSSR count). The molecule has 0 radical (unpaired) electrons. The maximum atomic E-state index is 5.65. The Morgan fingerprint density at radius 2 is 1.59 bits per heavy atom. The van der Waals surface area contributed by atoms with Gasteiger partial charge in [-0.15, -0.1) is 5.10 Å². The van der Waals surface area contributed by atoms with Gasteiger partial charge >= 0.3 is 0 Å². The zero-order valence-electron chi connectivity index (χ0n) is 22.0. The standard InChI is InChI=1S/C29H34N6O2/c1-21-10-11-22(2)25(18-21)33-14-16-34(17-15-33)28(24-12-13-26(36-3)27(19-24)37-4)29-30-31-32-35(29)20-23-8-6-5-7-9-23/h5-13,18-19,28H,14-17,20H2,1-4H3. The fraction of sp³-hybridized carbons (Fsp3) is 0.345. The first-order valence-corrected chi connectivity index (χ1v) is 12.7. The molecule has 2 heterocycles. The SMILES string of the molecule is COc1ccc(C(c2nnnn2Cc2ccccc2)N2CCN(c3cc(C)ccc3C)CC2)cc1OC. The predicted molar refractivity (Wildman–Crippen MR) is 144 cm³/mol. The van der Waals surface area contributed by atoms with Crippen molar-refractivity contribution in [1.82, 2.24) is 25.1 Å². The molecule has 1 unspecified atom stereocenters. The van der Waals surface area contributed by atoms with Gasteiger partial charge in [0.25, 0.3) is 0 Å². The smallest absolute Gasteiger partial charge is 0.173 e. The molecule has 0 amide bonds. The maximum absolute atomic E-state index is 5.65. The average molecular weight is 499 g/mol. The number of aryl methyl sites for hydroxylation is 2. The first kappa shape index (κ1) is 24.8. The van der Waals surface area contributed by atoms with E-state index < -0.39 is 0 Å². The van der Waals surface area contributed by atoms with Crippen LogP contribution in [0.4, 0.5) is 5.69 Å². The molecule has 37 heavy (non-hydrogen) atoms. The van der Waals surface area contributed by atoms with Crippen LogP contribution in [-0.4, -0.2) is 65.5 Å². The molecule has 0 aliphatic carbocycles. The van der Waals surface area contributed by atoms with Crippen LogP contribution in [0.1, 0.15) is 34.1 Å². The minimum atomic E-state index is -0.126. The van der Waals surface area contributed by atoms with Crippen LogP contribution >= 0.6 is 0 Å². The van der Waals surface area contributed by atoms with E-state index in [1.807, 2.05) is 35.0 Å². The quantitative estimate of drug-likeness (QED) is 0.359. The van der Waals surface area contributed by atoms with Gasteiger partial charge in [0.2, 0.25) is 0 Å². The minimum Gasteiger partial charge on any atom is -0.493 e. The van der Waals surface area contributed by atoms with Crippen molar-refractivity contribution in [2.75, 3.05) is 45.3 Å². The monoisotopic (exact) mass is 498 g/mol. The van der Waals surface area contributed by atoms with Gasteiger partial charge in [-0.1, -0.05) is 48.5 Å². The molecule has 1 aromatic heterocycles. The Hall–Kier alpha value is -3.91. The number of benzene rings is 3. The number of methoxy groups -OCH3 is 2. The number of piperazine rings is 1. The van der Waals surface area contributed by atoms with Crippen LogP contribution in [0.5, 0.6) is 11.5 Å². The summed E-state index contributed by atoms with van der Waals surface area (Å²) in [6.45, 7) is 8.55. The van der Waals surface area contributed by atoms with Crippen LogP contribution in [0.15, 0.2) is 66.7 Å². The van der Waals surface area contributed by atoms with E-state index in [0.29, 0.717) is 18.0 Å². The molecule has 0 saturated carbocycles. The molecule has 8 nitrogen and oxygen atoms in total. The van der Waals surface area contributed by atoms with E-state index in [-0.39, 0.29) is 6.04 Å². The Balaban J connectivity index is 1.47. The Kier molecular flexibility index (Phi) is 7.37. The number of ether oxygens (including phenoxy) is 2. The van der Waals surface area contributed by atoms with Gasteiger partial charge in [-0.3, -0.25) is 4.90 Å². The molecule has 192 valence electrons. The van der Waals surface area contributed by atoms with Gasteiger partial charge in [-0.05, 0) is 64.7 Å². The lowest BCUT2D eigenvalue weighted by atomic mass is 10.0. The third kappa shape index (κ3) is 5.29. The molecule has 3 aromatic carbocycles. The summed E-state index contributed by atoms with van der Waals surface area (Å²) in [7, 11) is 3.32. The summed E-state index contributed by atoms with van der Waals surface area (Å²) < 4.78 is 13.1. The fourth-order valence-electron chi connectivity index (χ4n) is 5.10. The lowest BCUT2D eigenvalue weighted by Gasteiger charge is -2.40. The van der Waals surface area contributed by atoms with E-state index >= 15 is 0 Å². The summed E-state index contributed by atoms with van der Waals surface area (Å²) in [4.78, 5) is 4.95. The van der Waals surface area contributed by atoms with Crippen molar-refractivity contribution in [2.45, 2.75) is 26.4 Å².